The molecule has 0 aliphatic rings. The van der Waals surface area contributed by atoms with Crippen LogP contribution in [0, 0.1) is 0 Å². The fourth-order valence-corrected chi connectivity index (χ4v) is 2.23. The zero-order chi connectivity index (χ0) is 16.7. The summed E-state index contributed by atoms with van der Waals surface area (Å²) < 4.78 is 10.0. The lowest BCUT2D eigenvalue weighted by atomic mass is 10.2. The average molecular weight is 315 g/mol. The molecule has 122 valence electrons. The molecule has 2 aromatic rings. The van der Waals surface area contributed by atoms with E-state index in [1.165, 1.54) is 0 Å². The number of nitrogens with two attached hydrogens (primary N) is 2. The van der Waals surface area contributed by atoms with Crippen LogP contribution in [0.5, 0.6) is 5.75 Å². The van der Waals surface area contributed by atoms with Gasteiger partial charge < -0.3 is 25.8 Å². The molecule has 0 aromatic heterocycles. The molecule has 0 fully saturated rings. The zero-order valence-electron chi connectivity index (χ0n) is 13.1. The van der Waals surface area contributed by atoms with Gasteiger partial charge >= 0.3 is 6.09 Å². The van der Waals surface area contributed by atoms with Gasteiger partial charge in [0.15, 0.2) is 0 Å². The molecule has 0 atom stereocenters. The maximum Gasteiger partial charge on any atom is 0.404 e. The van der Waals surface area contributed by atoms with Gasteiger partial charge in [0.05, 0.1) is 13.7 Å². The predicted octanol–water partition coefficient (Wildman–Crippen LogP) is 2.38. The van der Waals surface area contributed by atoms with Crippen LogP contribution in [0.4, 0.5) is 16.2 Å². The minimum absolute atomic E-state index is 0.209. The Morgan fingerprint density at radius 1 is 1.17 bits per heavy atom. The van der Waals surface area contributed by atoms with Crippen molar-refractivity contribution in [1.82, 2.24) is 0 Å². The third kappa shape index (κ3) is 5.10. The number of nitrogens with zero attached hydrogens (tertiary/aromatic N) is 1. The van der Waals surface area contributed by atoms with E-state index in [2.05, 4.69) is 4.90 Å². The molecule has 0 radical (unpaired) electrons. The Morgan fingerprint density at radius 3 is 2.52 bits per heavy atom. The van der Waals surface area contributed by atoms with Crippen molar-refractivity contribution in [3.8, 4) is 5.75 Å². The highest BCUT2D eigenvalue weighted by molar-refractivity contribution is 5.64. The largest absolute Gasteiger partial charge is 0.497 e. The van der Waals surface area contributed by atoms with Gasteiger partial charge in [0.1, 0.15) is 12.4 Å². The van der Waals surface area contributed by atoms with Gasteiger partial charge in [-0.05, 0) is 35.9 Å². The molecular weight excluding hydrogens is 294 g/mol. The maximum atomic E-state index is 10.7. The number of amides is 1. The Kier molecular flexibility index (Phi) is 5.68. The van der Waals surface area contributed by atoms with E-state index < -0.39 is 6.09 Å². The molecule has 0 saturated carbocycles. The molecule has 0 unspecified atom stereocenters. The number of carbonyl (C=O) groups excluding carboxylic acids is 1. The summed E-state index contributed by atoms with van der Waals surface area (Å²) in [5.41, 5.74) is 13.6. The molecule has 23 heavy (non-hydrogen) atoms. The van der Waals surface area contributed by atoms with Gasteiger partial charge in [0, 0.05) is 17.9 Å². The first-order valence-electron chi connectivity index (χ1n) is 7.24. The number of hydrogen-bond donors (Lipinski definition) is 2. The number of nitrogen functional groups attached to an aromatic ring is 1. The molecular formula is C17H21N3O3. The van der Waals surface area contributed by atoms with Crippen LogP contribution in [-0.4, -0.2) is 26.4 Å². The van der Waals surface area contributed by atoms with Gasteiger partial charge in [0.25, 0.3) is 0 Å². The molecule has 0 heterocycles. The summed E-state index contributed by atoms with van der Waals surface area (Å²) in [6.45, 7) is 1.37. The highest BCUT2D eigenvalue weighted by Crippen LogP contribution is 2.21. The van der Waals surface area contributed by atoms with Crippen LogP contribution >= 0.6 is 0 Å². The van der Waals surface area contributed by atoms with Crippen molar-refractivity contribution >= 4 is 17.5 Å². The average Bonchev–Trinajstić information content (AvgIpc) is 2.54. The second-order valence-corrected chi connectivity index (χ2v) is 5.03. The Morgan fingerprint density at radius 2 is 1.91 bits per heavy atom. The monoisotopic (exact) mass is 315 g/mol. The molecule has 6 nitrogen and oxygen atoms in total. The number of primary amides is 1. The van der Waals surface area contributed by atoms with Gasteiger partial charge in [-0.3, -0.25) is 0 Å². The maximum absolute atomic E-state index is 10.7. The van der Waals surface area contributed by atoms with E-state index >= 15 is 0 Å². The Labute approximate surface area is 135 Å². The molecule has 4 N–H and O–H groups in total. The molecule has 2 aromatic carbocycles. The molecule has 1 amide bonds. The van der Waals surface area contributed by atoms with Gasteiger partial charge in [-0.2, -0.15) is 0 Å². The van der Waals surface area contributed by atoms with E-state index in [1.807, 2.05) is 48.5 Å². The van der Waals surface area contributed by atoms with Crippen molar-refractivity contribution in [3.63, 3.8) is 0 Å². The number of hydrogen-bond acceptors (Lipinski definition) is 5. The highest BCUT2D eigenvalue weighted by Gasteiger charge is 2.09. The summed E-state index contributed by atoms with van der Waals surface area (Å²) in [6.07, 6.45) is -0.776. The number of benzene rings is 2. The molecule has 0 aliphatic carbocycles. The van der Waals surface area contributed by atoms with E-state index in [4.69, 9.17) is 20.9 Å². The van der Waals surface area contributed by atoms with Crippen LogP contribution in [0.25, 0.3) is 0 Å². The van der Waals surface area contributed by atoms with E-state index in [1.54, 1.807) is 7.11 Å². The van der Waals surface area contributed by atoms with Crippen molar-refractivity contribution in [2.45, 2.75) is 6.54 Å². The van der Waals surface area contributed by atoms with Crippen LogP contribution < -0.4 is 21.1 Å². The quantitative estimate of drug-likeness (QED) is 0.766. The van der Waals surface area contributed by atoms with Crippen LogP contribution in [0.3, 0.4) is 0 Å². The van der Waals surface area contributed by atoms with Gasteiger partial charge in [-0.25, -0.2) is 4.79 Å². The Hall–Kier alpha value is -2.89. The lowest BCUT2D eigenvalue weighted by molar-refractivity contribution is 0.159. The fraction of sp³-hybridized carbons (Fsp3) is 0.235. The predicted molar refractivity (Wildman–Crippen MR) is 90.4 cm³/mol. The summed E-state index contributed by atoms with van der Waals surface area (Å²) in [7, 11) is 1.63. The van der Waals surface area contributed by atoms with E-state index in [-0.39, 0.29) is 6.61 Å². The summed E-state index contributed by atoms with van der Waals surface area (Å²) in [4.78, 5) is 12.8. The normalized spacial score (nSPS) is 10.1. The van der Waals surface area contributed by atoms with Crippen LogP contribution in [0.15, 0.2) is 48.5 Å². The lowest BCUT2D eigenvalue weighted by Crippen LogP contribution is -2.29. The lowest BCUT2D eigenvalue weighted by Gasteiger charge is -2.25. The minimum atomic E-state index is -0.776. The van der Waals surface area contributed by atoms with Crippen molar-refractivity contribution in [2.75, 3.05) is 30.9 Å². The molecule has 2 rings (SSSR count). The number of ether oxygens (including phenoxy) is 2. The Bertz CT molecular complexity index is 644. The van der Waals surface area contributed by atoms with Gasteiger partial charge in [-0.1, -0.05) is 18.2 Å². The summed E-state index contributed by atoms with van der Waals surface area (Å²) in [5.74, 6) is 0.807. The number of anilines is 2. The first-order chi connectivity index (χ1) is 11.1. The molecule has 0 aliphatic heterocycles. The van der Waals surface area contributed by atoms with Gasteiger partial charge in [-0.15, -0.1) is 0 Å². The number of carbonyl (C=O) groups is 1. The molecule has 0 saturated heterocycles. The van der Waals surface area contributed by atoms with Gasteiger partial charge in [0.2, 0.25) is 0 Å². The third-order valence-corrected chi connectivity index (χ3v) is 3.37. The standard InChI is InChI=1S/C17H21N3O3/c1-22-16-7-5-13(6-8-16)12-20(9-10-23-17(19)21)15-4-2-3-14(18)11-15/h2-8,11H,9-10,12,18H2,1H3,(H2,19,21). The number of methoxy groups -OCH3 is 1. The fourth-order valence-electron chi connectivity index (χ4n) is 2.23. The SMILES string of the molecule is COc1ccc(CN(CCOC(N)=O)c2cccc(N)c2)cc1. The summed E-state index contributed by atoms with van der Waals surface area (Å²) in [5, 5.41) is 0. The van der Waals surface area contributed by atoms with Crippen molar-refractivity contribution in [3.05, 3.63) is 54.1 Å². The minimum Gasteiger partial charge on any atom is -0.497 e. The van der Waals surface area contributed by atoms with Crippen LogP contribution in [-0.2, 0) is 11.3 Å². The zero-order valence-corrected chi connectivity index (χ0v) is 13.1. The summed E-state index contributed by atoms with van der Waals surface area (Å²) >= 11 is 0. The molecule has 0 spiro atoms. The van der Waals surface area contributed by atoms with Crippen LogP contribution in [0.1, 0.15) is 5.56 Å². The van der Waals surface area contributed by atoms with Crippen LogP contribution in [0.2, 0.25) is 0 Å². The van der Waals surface area contributed by atoms with Crippen molar-refractivity contribution < 1.29 is 14.3 Å². The van der Waals surface area contributed by atoms with E-state index in [0.29, 0.717) is 18.8 Å². The van der Waals surface area contributed by atoms with Crippen molar-refractivity contribution in [1.29, 1.82) is 0 Å². The topological polar surface area (TPSA) is 90.8 Å². The number of rotatable bonds is 7. The third-order valence-electron chi connectivity index (χ3n) is 3.37. The second kappa shape index (κ2) is 7.93. The Balaban J connectivity index is 2.12. The first-order valence-corrected chi connectivity index (χ1v) is 7.24. The second-order valence-electron chi connectivity index (χ2n) is 5.03. The van der Waals surface area contributed by atoms with E-state index in [9.17, 15) is 4.79 Å². The summed E-state index contributed by atoms with van der Waals surface area (Å²) in [6, 6.07) is 15.4. The molecule has 0 bridgehead atoms. The molecule has 6 heteroatoms. The van der Waals surface area contributed by atoms with E-state index in [0.717, 1.165) is 17.0 Å². The van der Waals surface area contributed by atoms with Crippen molar-refractivity contribution in [2.24, 2.45) is 5.73 Å². The smallest absolute Gasteiger partial charge is 0.404 e. The first kappa shape index (κ1) is 16.5. The highest BCUT2D eigenvalue weighted by atomic mass is 16.5.